The van der Waals surface area contributed by atoms with Crippen LogP contribution in [0.1, 0.15) is 66.0 Å². The minimum Gasteiger partial charge on any atom is -0.256 e. The Hall–Kier alpha value is -2.41. The van der Waals surface area contributed by atoms with Crippen molar-refractivity contribution in [3.63, 3.8) is 0 Å². The van der Waals surface area contributed by atoms with Gasteiger partial charge in [-0.1, -0.05) is 90.6 Å². The summed E-state index contributed by atoms with van der Waals surface area (Å²) in [6.07, 6.45) is 12.6. The summed E-state index contributed by atoms with van der Waals surface area (Å²) in [7, 11) is 0. The molecular formula is C31H39N. The number of benzene rings is 1. The van der Waals surface area contributed by atoms with Crippen molar-refractivity contribution < 1.29 is 0 Å². The number of rotatable bonds is 5. The Balaban J connectivity index is 1.70. The number of hydrogen-bond donors (Lipinski definition) is 0. The van der Waals surface area contributed by atoms with Crippen LogP contribution in [0.15, 0.2) is 77.5 Å². The Morgan fingerprint density at radius 3 is 2.53 bits per heavy atom. The lowest BCUT2D eigenvalue weighted by Gasteiger charge is -2.30. The van der Waals surface area contributed by atoms with Gasteiger partial charge in [-0.05, 0) is 70.9 Å². The average molecular weight is 426 g/mol. The lowest BCUT2D eigenvalue weighted by Crippen LogP contribution is -2.29. The van der Waals surface area contributed by atoms with E-state index in [0.29, 0.717) is 29.6 Å². The minimum atomic E-state index is 0.258. The average Bonchev–Trinajstić information content (AvgIpc) is 3.31. The second-order valence-corrected chi connectivity index (χ2v) is 11.2. The van der Waals surface area contributed by atoms with E-state index in [0.717, 1.165) is 12.1 Å². The molecule has 4 rings (SSSR count). The zero-order valence-electron chi connectivity index (χ0n) is 20.9. The van der Waals surface area contributed by atoms with Crippen molar-refractivity contribution >= 4 is 16.9 Å². The maximum atomic E-state index is 5.32. The lowest BCUT2D eigenvalue weighted by atomic mass is 9.75. The van der Waals surface area contributed by atoms with Gasteiger partial charge < -0.3 is 0 Å². The Kier molecular flexibility index (Phi) is 6.05. The van der Waals surface area contributed by atoms with E-state index in [-0.39, 0.29) is 5.41 Å². The third-order valence-electron chi connectivity index (χ3n) is 7.65. The van der Waals surface area contributed by atoms with Crippen molar-refractivity contribution in [2.45, 2.75) is 54.9 Å². The molecule has 0 bridgehead atoms. The molecule has 1 saturated carbocycles. The van der Waals surface area contributed by atoms with Gasteiger partial charge in [-0.15, -0.1) is 0 Å². The van der Waals surface area contributed by atoms with Gasteiger partial charge in [0.2, 0.25) is 0 Å². The van der Waals surface area contributed by atoms with Crippen molar-refractivity contribution in [1.29, 1.82) is 0 Å². The molecule has 1 heterocycles. The van der Waals surface area contributed by atoms with Crippen LogP contribution in [0.2, 0.25) is 0 Å². The molecule has 0 saturated heterocycles. The first-order chi connectivity index (χ1) is 15.1. The normalized spacial score (nSPS) is 27.0. The van der Waals surface area contributed by atoms with Crippen molar-refractivity contribution in [1.82, 2.24) is 0 Å². The van der Waals surface area contributed by atoms with Crippen molar-refractivity contribution in [2.75, 3.05) is 0 Å². The van der Waals surface area contributed by atoms with Crippen LogP contribution in [0, 0.1) is 35.0 Å². The molecular weight excluding hydrogens is 386 g/mol. The second-order valence-electron chi connectivity index (χ2n) is 11.2. The van der Waals surface area contributed by atoms with E-state index < -0.39 is 0 Å². The van der Waals surface area contributed by atoms with Crippen LogP contribution in [0.5, 0.6) is 0 Å². The predicted octanol–water partition coefficient (Wildman–Crippen LogP) is 8.53. The highest BCUT2D eigenvalue weighted by Crippen LogP contribution is 2.52. The molecule has 3 aliphatic rings. The Morgan fingerprint density at radius 2 is 1.91 bits per heavy atom. The number of nitrogens with zero attached hydrogens (tertiary/aromatic N) is 1. The van der Waals surface area contributed by atoms with Gasteiger partial charge in [-0.2, -0.15) is 0 Å². The van der Waals surface area contributed by atoms with Crippen LogP contribution in [-0.2, 0) is 0 Å². The van der Waals surface area contributed by atoms with Crippen LogP contribution in [-0.4, -0.2) is 5.71 Å². The Morgan fingerprint density at radius 1 is 1.16 bits per heavy atom. The van der Waals surface area contributed by atoms with Crippen molar-refractivity contribution in [3.8, 4) is 0 Å². The molecule has 1 nitrogen and oxygen atoms in total. The first kappa shape index (κ1) is 22.8. The standard InChI is InChI=1S/C31H39N/c1-9-26(25-12-10-11-23(17-25)24-14-13-22(16-24)19(2)3)28-15-21(6)27-18-31(7,8)29(20(4)5)30(27)32-28/h9-17,19-20,22,27,29H,6,18H2,1-5,7-8H3/b26-9+. The fraction of sp³-hybridized carbons (Fsp3) is 0.452. The van der Waals surface area contributed by atoms with Crippen molar-refractivity contribution in [2.24, 2.45) is 40.0 Å². The number of aliphatic imine (C=N–C) groups is 1. The van der Waals surface area contributed by atoms with Crippen LogP contribution < -0.4 is 0 Å². The summed E-state index contributed by atoms with van der Waals surface area (Å²) in [5.41, 5.74) is 8.94. The largest absolute Gasteiger partial charge is 0.256 e. The molecule has 3 atom stereocenters. The zero-order valence-corrected chi connectivity index (χ0v) is 20.9. The molecule has 1 fully saturated rings. The first-order valence-electron chi connectivity index (χ1n) is 12.3. The van der Waals surface area contributed by atoms with E-state index >= 15 is 0 Å². The van der Waals surface area contributed by atoms with Gasteiger partial charge in [0, 0.05) is 23.1 Å². The monoisotopic (exact) mass is 425 g/mol. The third-order valence-corrected chi connectivity index (χ3v) is 7.65. The quantitative estimate of drug-likeness (QED) is 0.448. The molecule has 1 aromatic carbocycles. The highest BCUT2D eigenvalue weighted by Gasteiger charge is 2.48. The van der Waals surface area contributed by atoms with Gasteiger partial charge in [0.25, 0.3) is 0 Å². The van der Waals surface area contributed by atoms with E-state index in [1.54, 1.807) is 0 Å². The molecule has 0 radical (unpaired) electrons. The summed E-state index contributed by atoms with van der Waals surface area (Å²) in [6.45, 7) is 20.7. The van der Waals surface area contributed by atoms with Gasteiger partial charge in [0.05, 0.1) is 5.70 Å². The molecule has 2 aliphatic carbocycles. The maximum absolute atomic E-state index is 5.32. The summed E-state index contributed by atoms with van der Waals surface area (Å²) >= 11 is 0. The molecule has 1 heteroatoms. The molecule has 1 aromatic rings. The highest BCUT2D eigenvalue weighted by molar-refractivity contribution is 5.99. The van der Waals surface area contributed by atoms with E-state index in [1.165, 1.54) is 33.6 Å². The number of allylic oxidation sites excluding steroid dienone is 8. The Bertz CT molecular complexity index is 1070. The van der Waals surface area contributed by atoms with E-state index in [4.69, 9.17) is 4.99 Å². The van der Waals surface area contributed by atoms with Crippen LogP contribution >= 0.6 is 0 Å². The van der Waals surface area contributed by atoms with Crippen LogP contribution in [0.4, 0.5) is 0 Å². The molecule has 168 valence electrons. The van der Waals surface area contributed by atoms with Gasteiger partial charge >= 0.3 is 0 Å². The number of fused-ring (bicyclic) bond motifs is 1. The fourth-order valence-electron chi connectivity index (χ4n) is 6.14. The minimum absolute atomic E-state index is 0.258. The molecule has 32 heavy (non-hydrogen) atoms. The maximum Gasteiger partial charge on any atom is 0.0707 e. The summed E-state index contributed by atoms with van der Waals surface area (Å²) in [4.78, 5) is 5.32. The topological polar surface area (TPSA) is 12.4 Å². The summed E-state index contributed by atoms with van der Waals surface area (Å²) in [5, 5.41) is 0. The number of hydrogen-bond acceptors (Lipinski definition) is 1. The fourth-order valence-corrected chi connectivity index (χ4v) is 6.14. The third kappa shape index (κ3) is 4.03. The first-order valence-corrected chi connectivity index (χ1v) is 12.3. The Labute approximate surface area is 195 Å². The zero-order chi connectivity index (χ0) is 23.2. The van der Waals surface area contributed by atoms with E-state index in [2.05, 4.69) is 110 Å². The molecule has 0 N–H and O–H groups in total. The summed E-state index contributed by atoms with van der Waals surface area (Å²) in [6, 6.07) is 8.93. The van der Waals surface area contributed by atoms with Gasteiger partial charge in [0.15, 0.2) is 0 Å². The molecule has 0 amide bonds. The van der Waals surface area contributed by atoms with E-state index in [1.807, 2.05) is 0 Å². The molecule has 0 aromatic heterocycles. The van der Waals surface area contributed by atoms with Crippen molar-refractivity contribution in [3.05, 3.63) is 83.6 Å². The second kappa shape index (κ2) is 8.50. The molecule has 0 spiro atoms. The van der Waals surface area contributed by atoms with Gasteiger partial charge in [0.1, 0.15) is 0 Å². The molecule has 1 aliphatic heterocycles. The highest BCUT2D eigenvalue weighted by atomic mass is 14.8. The summed E-state index contributed by atoms with van der Waals surface area (Å²) in [5.74, 6) is 2.63. The SMILES string of the molecule is C=C1C=C(/C(=C/C)c2cccc(C3=CC(C(C)C)C=C3)c2)N=C2C1CC(C)(C)C2C(C)C. The summed E-state index contributed by atoms with van der Waals surface area (Å²) < 4.78 is 0. The van der Waals surface area contributed by atoms with Gasteiger partial charge in [-0.25, -0.2) is 0 Å². The smallest absolute Gasteiger partial charge is 0.0707 e. The predicted molar refractivity (Wildman–Crippen MR) is 140 cm³/mol. The van der Waals surface area contributed by atoms with Crippen LogP contribution in [0.3, 0.4) is 0 Å². The van der Waals surface area contributed by atoms with E-state index in [9.17, 15) is 0 Å². The van der Waals surface area contributed by atoms with Crippen LogP contribution in [0.25, 0.3) is 11.1 Å². The van der Waals surface area contributed by atoms with Gasteiger partial charge in [-0.3, -0.25) is 4.99 Å². The lowest BCUT2D eigenvalue weighted by molar-refractivity contribution is 0.235. The molecule has 3 unspecified atom stereocenters.